The van der Waals surface area contributed by atoms with Gasteiger partial charge in [0.25, 0.3) is 0 Å². The summed E-state index contributed by atoms with van der Waals surface area (Å²) in [6.45, 7) is 0. The molecule has 2 fully saturated rings. The monoisotopic (exact) mass is 260 g/mol. The van der Waals surface area contributed by atoms with Crippen LogP contribution in [0.15, 0.2) is 24.5 Å². The van der Waals surface area contributed by atoms with E-state index in [0.717, 1.165) is 23.1 Å². The number of rotatable bonds is 2. The van der Waals surface area contributed by atoms with E-state index in [9.17, 15) is 0 Å². The Bertz CT molecular complexity index is 567. The molecule has 0 amide bonds. The van der Waals surface area contributed by atoms with Crippen LogP contribution in [-0.4, -0.2) is 20.0 Å². The first kappa shape index (κ1) is 10.5. The Morgan fingerprint density at radius 2 is 2.00 bits per heavy atom. The van der Waals surface area contributed by atoms with E-state index in [0.29, 0.717) is 11.2 Å². The molecule has 2 heterocycles. The average molecular weight is 261 g/mol. The van der Waals surface area contributed by atoms with Gasteiger partial charge < -0.3 is 0 Å². The zero-order valence-corrected chi connectivity index (χ0v) is 10.6. The van der Waals surface area contributed by atoms with Crippen LogP contribution in [-0.2, 0) is 0 Å². The van der Waals surface area contributed by atoms with Crippen molar-refractivity contribution >= 4 is 11.6 Å². The Morgan fingerprint density at radius 3 is 2.72 bits per heavy atom. The number of hydrogen-bond acceptors (Lipinski definition) is 3. The maximum atomic E-state index is 5.73. The number of fused-ring (bicyclic) bond motifs is 1. The fourth-order valence-corrected chi connectivity index (χ4v) is 3.38. The molecule has 5 heteroatoms. The molecule has 4 nitrogen and oxygen atoms in total. The summed E-state index contributed by atoms with van der Waals surface area (Å²) in [7, 11) is 0. The van der Waals surface area contributed by atoms with E-state index in [2.05, 4.69) is 26.2 Å². The molecule has 4 rings (SSSR count). The second-order valence-electron chi connectivity index (χ2n) is 5.20. The van der Waals surface area contributed by atoms with Gasteiger partial charge in [0, 0.05) is 11.8 Å². The first-order valence-electron chi connectivity index (χ1n) is 6.37. The Kier molecular flexibility index (Phi) is 2.21. The van der Waals surface area contributed by atoms with E-state index >= 15 is 0 Å². The average Bonchev–Trinajstić information content (AvgIpc) is 2.83. The molecular weight excluding hydrogens is 248 g/mol. The normalized spacial score (nSPS) is 29.3. The predicted octanol–water partition coefficient (Wildman–Crippen LogP) is 2.96. The van der Waals surface area contributed by atoms with Crippen LogP contribution in [0.2, 0.25) is 5.15 Å². The molecule has 18 heavy (non-hydrogen) atoms. The first-order chi connectivity index (χ1) is 8.83. The fourth-order valence-electron chi connectivity index (χ4n) is 3.28. The van der Waals surface area contributed by atoms with Crippen LogP contribution < -0.4 is 0 Å². The summed E-state index contributed by atoms with van der Waals surface area (Å²) < 4.78 is 2.11. The van der Waals surface area contributed by atoms with Gasteiger partial charge in [-0.25, -0.2) is 0 Å². The van der Waals surface area contributed by atoms with Gasteiger partial charge in [-0.1, -0.05) is 18.0 Å². The Hall–Kier alpha value is -1.42. The van der Waals surface area contributed by atoms with Crippen molar-refractivity contribution < 1.29 is 0 Å². The molecule has 0 aromatic carbocycles. The van der Waals surface area contributed by atoms with Gasteiger partial charge in [0.1, 0.15) is 0 Å². The van der Waals surface area contributed by atoms with Gasteiger partial charge in [0.05, 0.1) is 17.9 Å². The molecule has 0 bridgehead atoms. The summed E-state index contributed by atoms with van der Waals surface area (Å²) >= 11 is 5.73. The number of aromatic nitrogens is 4. The molecule has 0 radical (unpaired) electrons. The Balaban J connectivity index is 1.60. The lowest BCUT2D eigenvalue weighted by Crippen LogP contribution is -1.99. The summed E-state index contributed by atoms with van der Waals surface area (Å²) in [5.41, 5.74) is 1.85. The Labute approximate surface area is 110 Å². The lowest BCUT2D eigenvalue weighted by Gasteiger charge is -2.02. The van der Waals surface area contributed by atoms with Gasteiger partial charge in [-0.15, -0.1) is 10.2 Å². The number of hydrogen-bond donors (Lipinski definition) is 0. The molecule has 0 saturated heterocycles. The largest absolute Gasteiger partial charge is 0.268 e. The summed E-state index contributed by atoms with van der Waals surface area (Å²) in [5.74, 6) is 1.74. The summed E-state index contributed by atoms with van der Waals surface area (Å²) in [4.78, 5) is 0. The molecule has 2 aliphatic carbocycles. The van der Waals surface area contributed by atoms with Crippen LogP contribution in [0.25, 0.3) is 11.3 Å². The van der Waals surface area contributed by atoms with Crippen LogP contribution in [0.4, 0.5) is 0 Å². The third-order valence-electron chi connectivity index (χ3n) is 4.20. The highest BCUT2D eigenvalue weighted by molar-refractivity contribution is 6.29. The van der Waals surface area contributed by atoms with Gasteiger partial charge in [-0.2, -0.15) is 5.10 Å². The topological polar surface area (TPSA) is 43.6 Å². The minimum absolute atomic E-state index is 0.419. The third kappa shape index (κ3) is 1.56. The molecular formula is C13H13ClN4. The van der Waals surface area contributed by atoms with Gasteiger partial charge in [0.2, 0.25) is 0 Å². The molecule has 2 aromatic rings. The lowest BCUT2D eigenvalue weighted by molar-refractivity contribution is 0.517. The van der Waals surface area contributed by atoms with Crippen molar-refractivity contribution in [2.45, 2.75) is 25.3 Å². The standard InChI is InChI=1S/C13H13ClN4/c14-12-5-4-11(16-17-12)8-6-15-18(7-8)13-9-2-1-3-10(9)13/h4-7,9-10,13H,1-3H2. The second-order valence-corrected chi connectivity index (χ2v) is 5.59. The smallest absolute Gasteiger partial charge is 0.151 e. The summed E-state index contributed by atoms with van der Waals surface area (Å²) in [5, 5.41) is 12.8. The lowest BCUT2D eigenvalue weighted by atomic mass is 10.2. The minimum Gasteiger partial charge on any atom is -0.268 e. The highest BCUT2D eigenvalue weighted by Gasteiger charge is 2.54. The highest BCUT2D eigenvalue weighted by atomic mass is 35.5. The van der Waals surface area contributed by atoms with Gasteiger partial charge in [-0.3, -0.25) is 4.68 Å². The molecule has 2 unspecified atom stereocenters. The maximum absolute atomic E-state index is 5.73. The van der Waals surface area contributed by atoms with E-state index in [-0.39, 0.29) is 0 Å². The SMILES string of the molecule is Clc1ccc(-c2cnn(C3C4CCCC43)c2)nn1. The molecule has 0 aliphatic heterocycles. The van der Waals surface area contributed by atoms with Crippen LogP contribution in [0.1, 0.15) is 25.3 Å². The van der Waals surface area contributed by atoms with Crippen molar-refractivity contribution in [3.8, 4) is 11.3 Å². The third-order valence-corrected chi connectivity index (χ3v) is 4.40. The first-order valence-corrected chi connectivity index (χ1v) is 6.74. The van der Waals surface area contributed by atoms with E-state index in [4.69, 9.17) is 11.6 Å². The summed E-state index contributed by atoms with van der Waals surface area (Å²) in [6, 6.07) is 4.27. The molecule has 2 saturated carbocycles. The second kappa shape index (κ2) is 3.79. The number of nitrogens with zero attached hydrogens (tertiary/aromatic N) is 4. The minimum atomic E-state index is 0.419. The molecule has 0 spiro atoms. The Morgan fingerprint density at radius 1 is 1.17 bits per heavy atom. The fraction of sp³-hybridized carbons (Fsp3) is 0.462. The molecule has 2 atom stereocenters. The zero-order chi connectivity index (χ0) is 12.1. The van der Waals surface area contributed by atoms with E-state index in [1.165, 1.54) is 19.3 Å². The van der Waals surface area contributed by atoms with Crippen LogP contribution in [0.5, 0.6) is 0 Å². The van der Waals surface area contributed by atoms with Crippen molar-refractivity contribution in [1.82, 2.24) is 20.0 Å². The van der Waals surface area contributed by atoms with Crippen molar-refractivity contribution in [2.75, 3.05) is 0 Å². The summed E-state index contributed by atoms with van der Waals surface area (Å²) in [6.07, 6.45) is 8.08. The molecule has 0 N–H and O–H groups in total. The molecule has 2 aliphatic rings. The van der Waals surface area contributed by atoms with E-state index in [1.54, 1.807) is 6.07 Å². The quantitative estimate of drug-likeness (QED) is 0.834. The van der Waals surface area contributed by atoms with Crippen LogP contribution in [0, 0.1) is 11.8 Å². The number of halogens is 1. The van der Waals surface area contributed by atoms with Crippen LogP contribution >= 0.6 is 11.6 Å². The molecule has 2 aromatic heterocycles. The van der Waals surface area contributed by atoms with Crippen molar-refractivity contribution in [3.63, 3.8) is 0 Å². The van der Waals surface area contributed by atoms with Gasteiger partial charge in [0.15, 0.2) is 5.15 Å². The van der Waals surface area contributed by atoms with Crippen molar-refractivity contribution in [1.29, 1.82) is 0 Å². The van der Waals surface area contributed by atoms with Crippen molar-refractivity contribution in [2.24, 2.45) is 11.8 Å². The van der Waals surface area contributed by atoms with E-state index < -0.39 is 0 Å². The predicted molar refractivity (Wildman–Crippen MR) is 68.1 cm³/mol. The van der Waals surface area contributed by atoms with Crippen molar-refractivity contribution in [3.05, 3.63) is 29.7 Å². The zero-order valence-electron chi connectivity index (χ0n) is 9.83. The van der Waals surface area contributed by atoms with Gasteiger partial charge in [-0.05, 0) is 36.8 Å². The molecule has 92 valence electrons. The highest BCUT2D eigenvalue weighted by Crippen LogP contribution is 2.60. The maximum Gasteiger partial charge on any atom is 0.151 e. The van der Waals surface area contributed by atoms with E-state index in [1.807, 2.05) is 12.3 Å². The van der Waals surface area contributed by atoms with Gasteiger partial charge >= 0.3 is 0 Å². The van der Waals surface area contributed by atoms with Crippen LogP contribution in [0.3, 0.4) is 0 Å².